The molecule has 2 nitrogen and oxygen atoms in total. The summed E-state index contributed by atoms with van der Waals surface area (Å²) in [5.41, 5.74) is 0. The van der Waals surface area contributed by atoms with Crippen molar-refractivity contribution in [2.24, 2.45) is 0 Å². The van der Waals surface area contributed by atoms with Gasteiger partial charge in [-0.15, -0.1) is 0 Å². The number of thioether (sulfide) groups is 1. The first-order valence-corrected chi connectivity index (χ1v) is 7.62. The fourth-order valence-corrected chi connectivity index (χ4v) is 3.68. The Labute approximate surface area is 96.0 Å². The number of hydrogen-bond donors (Lipinski definition) is 0. The van der Waals surface area contributed by atoms with E-state index in [4.69, 9.17) is 0 Å². The Hall–Kier alpha value is -0.480. The number of rotatable bonds is 5. The van der Waals surface area contributed by atoms with Crippen molar-refractivity contribution in [3.05, 3.63) is 30.3 Å². The fraction of sp³-hybridized carbons (Fsp3) is 0.455. The summed E-state index contributed by atoms with van der Waals surface area (Å²) < 4.78 is 23.6. The Morgan fingerprint density at radius 2 is 1.80 bits per heavy atom. The highest BCUT2D eigenvalue weighted by Crippen LogP contribution is 2.14. The Morgan fingerprint density at radius 1 is 1.20 bits per heavy atom. The molecule has 0 N–H and O–H groups in total. The van der Waals surface area contributed by atoms with Crippen LogP contribution in [-0.2, 0) is 9.84 Å². The van der Waals surface area contributed by atoms with Crippen LogP contribution in [0.5, 0.6) is 0 Å². The Bertz CT molecular complexity index is 382. The molecule has 0 unspecified atom stereocenters. The molecular weight excluding hydrogens is 228 g/mol. The van der Waals surface area contributed by atoms with E-state index >= 15 is 0 Å². The van der Waals surface area contributed by atoms with Crippen molar-refractivity contribution in [3.8, 4) is 0 Å². The molecule has 0 bridgehead atoms. The minimum atomic E-state index is -3.08. The normalized spacial score (nSPS) is 11.9. The molecule has 1 aromatic carbocycles. The predicted molar refractivity (Wildman–Crippen MR) is 66.1 cm³/mol. The minimum absolute atomic E-state index is 0.222. The molecule has 0 fully saturated rings. The van der Waals surface area contributed by atoms with Gasteiger partial charge in [0, 0.05) is 5.75 Å². The molecule has 0 aromatic heterocycles. The van der Waals surface area contributed by atoms with Crippen LogP contribution in [-0.4, -0.2) is 25.2 Å². The van der Waals surface area contributed by atoms with E-state index in [1.54, 1.807) is 36.0 Å². The first-order chi connectivity index (χ1) is 7.02. The highest BCUT2D eigenvalue weighted by Gasteiger charge is 2.13. The van der Waals surface area contributed by atoms with Gasteiger partial charge >= 0.3 is 0 Å². The van der Waals surface area contributed by atoms with E-state index in [0.29, 0.717) is 15.9 Å². The lowest BCUT2D eigenvalue weighted by atomic mass is 10.4. The molecule has 1 rings (SSSR count). The van der Waals surface area contributed by atoms with Crippen molar-refractivity contribution < 1.29 is 8.42 Å². The van der Waals surface area contributed by atoms with E-state index in [1.807, 2.05) is 6.07 Å². The third-order valence-corrected chi connectivity index (χ3v) is 5.00. The zero-order valence-corrected chi connectivity index (χ0v) is 10.6. The Morgan fingerprint density at radius 3 is 2.33 bits per heavy atom. The quantitative estimate of drug-likeness (QED) is 0.798. The highest BCUT2D eigenvalue weighted by atomic mass is 32.2. The second kappa shape index (κ2) is 5.56. The minimum Gasteiger partial charge on any atom is -0.224 e. The molecule has 0 atom stereocenters. The second-order valence-electron chi connectivity index (χ2n) is 3.55. The summed E-state index contributed by atoms with van der Waals surface area (Å²) in [4.78, 5) is 0.425. The average molecular weight is 244 g/mol. The van der Waals surface area contributed by atoms with E-state index in [0.717, 1.165) is 0 Å². The second-order valence-corrected chi connectivity index (χ2v) is 7.35. The molecule has 1 aromatic rings. The zero-order valence-electron chi connectivity index (χ0n) is 9.01. The molecule has 0 amide bonds. The molecular formula is C11H16O2S2. The van der Waals surface area contributed by atoms with Crippen LogP contribution >= 0.6 is 11.8 Å². The smallest absolute Gasteiger partial charge is 0.179 e. The van der Waals surface area contributed by atoms with E-state index < -0.39 is 9.84 Å². The van der Waals surface area contributed by atoms with Crippen molar-refractivity contribution in [2.75, 3.05) is 11.5 Å². The summed E-state index contributed by atoms with van der Waals surface area (Å²) in [6.07, 6.45) is 0. The molecule has 0 aliphatic carbocycles. The van der Waals surface area contributed by atoms with Crippen LogP contribution < -0.4 is 0 Å². The summed E-state index contributed by atoms with van der Waals surface area (Å²) in [6, 6.07) is 8.62. The van der Waals surface area contributed by atoms with Gasteiger partial charge in [-0.25, -0.2) is 8.42 Å². The molecule has 0 saturated carbocycles. The van der Waals surface area contributed by atoms with Gasteiger partial charge in [0.25, 0.3) is 0 Å². The van der Waals surface area contributed by atoms with Crippen LogP contribution in [0.3, 0.4) is 0 Å². The molecule has 0 radical (unpaired) electrons. The number of sulfone groups is 1. The van der Waals surface area contributed by atoms with E-state index in [1.165, 1.54) is 0 Å². The molecule has 0 heterocycles. The van der Waals surface area contributed by atoms with Gasteiger partial charge in [0.1, 0.15) is 0 Å². The first-order valence-electron chi connectivity index (χ1n) is 4.92. The zero-order chi connectivity index (χ0) is 11.3. The van der Waals surface area contributed by atoms with Crippen molar-refractivity contribution >= 4 is 21.6 Å². The standard InChI is InChI=1S/C11H16O2S2/c1-10(2)14-8-9-15(12,13)11-6-4-3-5-7-11/h3-7,10H,8-9H2,1-2H3. The van der Waals surface area contributed by atoms with Gasteiger partial charge in [-0.2, -0.15) is 11.8 Å². The molecule has 0 aliphatic heterocycles. The summed E-state index contributed by atoms with van der Waals surface area (Å²) in [5, 5.41) is 0.482. The van der Waals surface area contributed by atoms with Gasteiger partial charge in [-0.1, -0.05) is 32.0 Å². The lowest BCUT2D eigenvalue weighted by Crippen LogP contribution is -2.09. The molecule has 15 heavy (non-hydrogen) atoms. The largest absolute Gasteiger partial charge is 0.224 e. The van der Waals surface area contributed by atoms with Gasteiger partial charge in [-0.05, 0) is 17.4 Å². The Balaban J connectivity index is 2.61. The summed E-state index contributed by atoms with van der Waals surface area (Å²) in [5.74, 6) is 0.884. The van der Waals surface area contributed by atoms with Gasteiger partial charge in [-0.3, -0.25) is 0 Å². The summed E-state index contributed by atoms with van der Waals surface area (Å²) in [6.45, 7) is 4.14. The highest BCUT2D eigenvalue weighted by molar-refractivity contribution is 8.01. The van der Waals surface area contributed by atoms with Crippen LogP contribution in [0.15, 0.2) is 35.2 Å². The van der Waals surface area contributed by atoms with Crippen molar-refractivity contribution in [3.63, 3.8) is 0 Å². The van der Waals surface area contributed by atoms with Gasteiger partial charge < -0.3 is 0 Å². The first kappa shape index (κ1) is 12.6. The van der Waals surface area contributed by atoms with Gasteiger partial charge in [0.2, 0.25) is 0 Å². The summed E-state index contributed by atoms with van der Waals surface area (Å²) in [7, 11) is -3.08. The maximum atomic E-state index is 11.8. The number of benzene rings is 1. The van der Waals surface area contributed by atoms with Crippen molar-refractivity contribution in [2.45, 2.75) is 24.0 Å². The van der Waals surface area contributed by atoms with Gasteiger partial charge in [0.15, 0.2) is 9.84 Å². The number of hydrogen-bond acceptors (Lipinski definition) is 3. The van der Waals surface area contributed by atoms with Crippen LogP contribution in [0, 0.1) is 0 Å². The summed E-state index contributed by atoms with van der Waals surface area (Å²) >= 11 is 1.67. The molecule has 0 spiro atoms. The lowest BCUT2D eigenvalue weighted by Gasteiger charge is -2.05. The molecule has 0 aliphatic rings. The topological polar surface area (TPSA) is 34.1 Å². The van der Waals surface area contributed by atoms with Crippen molar-refractivity contribution in [1.29, 1.82) is 0 Å². The van der Waals surface area contributed by atoms with E-state index in [2.05, 4.69) is 13.8 Å². The van der Waals surface area contributed by atoms with Crippen LogP contribution in [0.1, 0.15) is 13.8 Å². The maximum Gasteiger partial charge on any atom is 0.179 e. The van der Waals surface area contributed by atoms with E-state index in [-0.39, 0.29) is 5.75 Å². The predicted octanol–water partition coefficient (Wildman–Crippen LogP) is 2.60. The third kappa shape index (κ3) is 4.26. The van der Waals surface area contributed by atoms with Gasteiger partial charge in [0.05, 0.1) is 10.6 Å². The average Bonchev–Trinajstić information content (AvgIpc) is 2.18. The maximum absolute atomic E-state index is 11.8. The SMILES string of the molecule is CC(C)SCCS(=O)(=O)c1ccccc1. The van der Waals surface area contributed by atoms with Crippen LogP contribution in [0.2, 0.25) is 0 Å². The van der Waals surface area contributed by atoms with Crippen molar-refractivity contribution in [1.82, 2.24) is 0 Å². The van der Waals surface area contributed by atoms with Crippen LogP contribution in [0.25, 0.3) is 0 Å². The Kier molecular flexibility index (Phi) is 4.67. The third-order valence-electron chi connectivity index (χ3n) is 1.91. The fourth-order valence-electron chi connectivity index (χ4n) is 1.14. The molecule has 4 heteroatoms. The molecule has 84 valence electrons. The van der Waals surface area contributed by atoms with Crippen LogP contribution in [0.4, 0.5) is 0 Å². The van der Waals surface area contributed by atoms with E-state index in [9.17, 15) is 8.42 Å². The monoisotopic (exact) mass is 244 g/mol. The lowest BCUT2D eigenvalue weighted by molar-refractivity contribution is 0.597. The molecule has 0 saturated heterocycles.